The van der Waals surface area contributed by atoms with Gasteiger partial charge in [-0.3, -0.25) is 14.6 Å². The number of nitrogens with zero attached hydrogens (tertiary/aromatic N) is 1. The number of benzene rings is 1. The van der Waals surface area contributed by atoms with Gasteiger partial charge in [0, 0.05) is 17.4 Å². The van der Waals surface area contributed by atoms with E-state index in [2.05, 4.69) is 20.2 Å². The van der Waals surface area contributed by atoms with E-state index in [-0.39, 0.29) is 15.7 Å². The smallest absolute Gasteiger partial charge is 0.268 e. The number of anilines is 2. The molecule has 3 aromatic rings. The van der Waals surface area contributed by atoms with Crippen molar-refractivity contribution in [3.8, 4) is 0 Å². The predicted molar refractivity (Wildman–Crippen MR) is 107 cm³/mol. The van der Waals surface area contributed by atoms with E-state index >= 15 is 0 Å². The Morgan fingerprint density at radius 1 is 1.19 bits per heavy atom. The van der Waals surface area contributed by atoms with Crippen LogP contribution in [0.4, 0.5) is 11.5 Å². The van der Waals surface area contributed by atoms with Gasteiger partial charge in [0.2, 0.25) is 0 Å². The summed E-state index contributed by atoms with van der Waals surface area (Å²) in [6.07, 6.45) is 0. The molecule has 0 fully saturated rings. The molecule has 0 bridgehead atoms. The first kappa shape index (κ1) is 19.1. The fourth-order valence-electron chi connectivity index (χ4n) is 2.38. The molecule has 3 rings (SSSR count). The van der Waals surface area contributed by atoms with Gasteiger partial charge in [-0.1, -0.05) is 31.5 Å². The van der Waals surface area contributed by atoms with Gasteiger partial charge in [-0.25, -0.2) is 8.42 Å². The fraction of sp³-hybridized carbons (Fsp3) is 0.222. The minimum atomic E-state index is -3.89. The Kier molecular flexibility index (Phi) is 5.33. The number of carbonyl (C=O) groups excluding carboxylic acids is 1. The van der Waals surface area contributed by atoms with Gasteiger partial charge in [0.25, 0.3) is 15.9 Å². The van der Waals surface area contributed by atoms with E-state index in [1.54, 1.807) is 23.6 Å². The lowest BCUT2D eigenvalue weighted by Crippen LogP contribution is -2.18. The number of amides is 1. The third-order valence-electron chi connectivity index (χ3n) is 3.89. The van der Waals surface area contributed by atoms with E-state index in [9.17, 15) is 13.2 Å². The van der Waals surface area contributed by atoms with Gasteiger partial charge >= 0.3 is 0 Å². The van der Waals surface area contributed by atoms with Crippen molar-refractivity contribution < 1.29 is 13.2 Å². The molecule has 0 aliphatic rings. The zero-order chi connectivity index (χ0) is 19.6. The molecule has 0 aliphatic heterocycles. The van der Waals surface area contributed by atoms with Crippen LogP contribution in [0.1, 0.15) is 40.7 Å². The van der Waals surface area contributed by atoms with Crippen molar-refractivity contribution in [3.05, 3.63) is 57.9 Å². The first-order valence-corrected chi connectivity index (χ1v) is 10.7. The zero-order valence-corrected chi connectivity index (χ0v) is 16.7. The summed E-state index contributed by atoms with van der Waals surface area (Å²) < 4.78 is 27.9. The highest BCUT2D eigenvalue weighted by Gasteiger charge is 2.24. The minimum absolute atomic E-state index is 0.0646. The Morgan fingerprint density at radius 2 is 1.89 bits per heavy atom. The van der Waals surface area contributed by atoms with E-state index in [0.29, 0.717) is 11.5 Å². The molecule has 0 atom stereocenters. The summed E-state index contributed by atoms with van der Waals surface area (Å²) in [6.45, 7) is 5.92. The van der Waals surface area contributed by atoms with Crippen molar-refractivity contribution >= 4 is 38.8 Å². The normalized spacial score (nSPS) is 11.6. The van der Waals surface area contributed by atoms with Crippen LogP contribution in [0.2, 0.25) is 0 Å². The highest BCUT2D eigenvalue weighted by atomic mass is 32.2. The van der Waals surface area contributed by atoms with Crippen molar-refractivity contribution in [2.45, 2.75) is 31.6 Å². The Morgan fingerprint density at radius 3 is 2.52 bits per heavy atom. The van der Waals surface area contributed by atoms with Crippen molar-refractivity contribution in [2.75, 3.05) is 10.0 Å². The maximum Gasteiger partial charge on any atom is 0.268 e. The van der Waals surface area contributed by atoms with Crippen molar-refractivity contribution in [2.24, 2.45) is 0 Å². The third kappa shape index (κ3) is 4.37. The van der Waals surface area contributed by atoms with Crippen LogP contribution < -0.4 is 10.0 Å². The molecule has 0 saturated heterocycles. The summed E-state index contributed by atoms with van der Waals surface area (Å²) >= 11 is 1.06. The van der Waals surface area contributed by atoms with E-state index < -0.39 is 15.9 Å². The summed E-state index contributed by atoms with van der Waals surface area (Å²) in [4.78, 5) is 12.6. The fourth-order valence-corrected chi connectivity index (χ4v) is 4.76. The SMILES string of the molecule is Cc1ccc(NS(=O)(=O)c2ccsc2C(=O)Nc2cc(C(C)C)[nH]n2)cc1. The van der Waals surface area contributed by atoms with Crippen LogP contribution in [-0.4, -0.2) is 24.5 Å². The van der Waals surface area contributed by atoms with Gasteiger partial charge in [0.15, 0.2) is 5.82 Å². The van der Waals surface area contributed by atoms with Crippen molar-refractivity contribution in [1.82, 2.24) is 10.2 Å². The number of hydrogen-bond acceptors (Lipinski definition) is 5. The summed E-state index contributed by atoms with van der Waals surface area (Å²) in [6, 6.07) is 10.1. The molecular formula is C18H20N4O3S2. The first-order chi connectivity index (χ1) is 12.8. The number of nitrogens with one attached hydrogen (secondary N) is 3. The van der Waals surface area contributed by atoms with E-state index in [1.165, 1.54) is 6.07 Å². The molecular weight excluding hydrogens is 384 g/mol. The van der Waals surface area contributed by atoms with E-state index in [1.807, 2.05) is 32.9 Å². The molecule has 2 aromatic heterocycles. The summed E-state index contributed by atoms with van der Waals surface area (Å²) in [7, 11) is -3.89. The third-order valence-corrected chi connectivity index (χ3v) is 6.36. The standard InChI is InChI=1S/C18H20N4O3S2/c1-11(2)14-10-16(21-20-14)19-18(23)17-15(8-9-26-17)27(24,25)22-13-6-4-12(3)5-7-13/h4-11,22H,1-3H3,(H2,19,20,21,23). The second kappa shape index (κ2) is 7.53. The highest BCUT2D eigenvalue weighted by molar-refractivity contribution is 7.93. The molecule has 27 heavy (non-hydrogen) atoms. The molecule has 2 heterocycles. The van der Waals surface area contributed by atoms with Crippen molar-refractivity contribution in [3.63, 3.8) is 0 Å². The predicted octanol–water partition coefficient (Wildman–Crippen LogP) is 3.96. The van der Waals surface area contributed by atoms with Crippen LogP contribution in [0.25, 0.3) is 0 Å². The Hall–Kier alpha value is -2.65. The lowest BCUT2D eigenvalue weighted by molar-refractivity contribution is 0.102. The molecule has 142 valence electrons. The Balaban J connectivity index is 1.81. The van der Waals surface area contributed by atoms with Crippen LogP contribution >= 0.6 is 11.3 Å². The van der Waals surface area contributed by atoms with Crippen LogP contribution in [0.15, 0.2) is 46.7 Å². The molecule has 3 N–H and O–H groups in total. The van der Waals surface area contributed by atoms with Gasteiger partial charge in [0.1, 0.15) is 9.77 Å². The Labute approximate surface area is 161 Å². The molecule has 0 spiro atoms. The Bertz CT molecular complexity index is 1050. The molecule has 0 unspecified atom stereocenters. The molecule has 0 radical (unpaired) electrons. The number of aryl methyl sites for hydroxylation is 1. The molecule has 9 heteroatoms. The van der Waals surface area contributed by atoms with Gasteiger partial charge in [0.05, 0.1) is 0 Å². The number of hydrogen-bond donors (Lipinski definition) is 3. The van der Waals surface area contributed by atoms with Gasteiger partial charge in [-0.15, -0.1) is 11.3 Å². The lowest BCUT2D eigenvalue weighted by atomic mass is 10.1. The molecule has 1 amide bonds. The molecule has 0 saturated carbocycles. The quantitative estimate of drug-likeness (QED) is 0.578. The number of rotatable bonds is 6. The zero-order valence-electron chi connectivity index (χ0n) is 15.1. The average Bonchev–Trinajstić information content (AvgIpc) is 3.26. The molecule has 7 nitrogen and oxygen atoms in total. The molecule has 0 aliphatic carbocycles. The van der Waals surface area contributed by atoms with Crippen LogP contribution in [-0.2, 0) is 10.0 Å². The van der Waals surface area contributed by atoms with Gasteiger partial charge in [-0.2, -0.15) is 5.10 Å². The highest BCUT2D eigenvalue weighted by Crippen LogP contribution is 2.26. The second-order valence-electron chi connectivity index (χ2n) is 6.40. The number of sulfonamides is 1. The minimum Gasteiger partial charge on any atom is -0.304 e. The molecule has 1 aromatic carbocycles. The number of aromatic amines is 1. The van der Waals surface area contributed by atoms with Crippen LogP contribution in [0.5, 0.6) is 0 Å². The summed E-state index contributed by atoms with van der Waals surface area (Å²) in [5.41, 5.74) is 2.34. The number of thiophene rings is 1. The van der Waals surface area contributed by atoms with Crippen molar-refractivity contribution in [1.29, 1.82) is 0 Å². The first-order valence-electron chi connectivity index (χ1n) is 8.30. The topological polar surface area (TPSA) is 104 Å². The summed E-state index contributed by atoms with van der Waals surface area (Å²) in [5, 5.41) is 11.1. The average molecular weight is 405 g/mol. The maximum atomic E-state index is 12.7. The number of carbonyl (C=O) groups is 1. The van der Waals surface area contributed by atoms with E-state index in [0.717, 1.165) is 22.6 Å². The van der Waals surface area contributed by atoms with Gasteiger partial charge < -0.3 is 5.32 Å². The lowest BCUT2D eigenvalue weighted by Gasteiger charge is -2.09. The second-order valence-corrected chi connectivity index (χ2v) is 8.97. The number of H-pyrrole nitrogens is 1. The maximum absolute atomic E-state index is 12.7. The summed E-state index contributed by atoms with van der Waals surface area (Å²) in [5.74, 6) is 0.0718. The van der Waals surface area contributed by atoms with Crippen LogP contribution in [0, 0.1) is 6.92 Å². The van der Waals surface area contributed by atoms with Crippen LogP contribution in [0.3, 0.4) is 0 Å². The largest absolute Gasteiger partial charge is 0.304 e. The number of aromatic nitrogens is 2. The van der Waals surface area contributed by atoms with E-state index in [4.69, 9.17) is 0 Å². The monoisotopic (exact) mass is 404 g/mol. The van der Waals surface area contributed by atoms with Gasteiger partial charge in [-0.05, 0) is 36.4 Å².